The third-order valence-corrected chi connectivity index (χ3v) is 4.92. The molecule has 2 heterocycles. The Hall–Kier alpha value is -1.25. The van der Waals surface area contributed by atoms with E-state index in [4.69, 9.17) is 13.6 Å². The van der Waals surface area contributed by atoms with E-state index < -0.39 is 17.8 Å². The molecule has 1 N–H and O–H groups in total. The van der Waals surface area contributed by atoms with Crippen LogP contribution in [0.3, 0.4) is 0 Å². The van der Waals surface area contributed by atoms with E-state index in [0.717, 1.165) is 16.6 Å². The Morgan fingerprint density at radius 2 is 2.12 bits per heavy atom. The predicted molar refractivity (Wildman–Crippen MR) is 103 cm³/mol. The predicted octanol–water partition coefficient (Wildman–Crippen LogP) is 2.61. The number of H-pyrrole nitrogens is 1. The van der Waals surface area contributed by atoms with Crippen LogP contribution in [0.15, 0.2) is 41.7 Å². The van der Waals surface area contributed by atoms with E-state index in [1.165, 1.54) is 0 Å². The standard InChI is InChI=1S/C18H21N3O3S.Na/c1-13-16(19-9-8-17(13)24-11-5-10-23-2)12-25(22)18-20-14-6-3-4-7-15(14)21-18;/h3-4,6-9H,5,10-12H2,1-2H3,(H,20,21);/t25-;/m0./s1/i2D3;. The van der Waals surface area contributed by atoms with Crippen molar-refractivity contribution in [2.45, 2.75) is 24.3 Å². The summed E-state index contributed by atoms with van der Waals surface area (Å²) in [4.78, 5) is 11.8. The average Bonchev–Trinajstić information content (AvgIpc) is 3.07. The molecule has 26 heavy (non-hydrogen) atoms. The van der Waals surface area contributed by atoms with Gasteiger partial charge in [-0.3, -0.25) is 9.19 Å². The summed E-state index contributed by atoms with van der Waals surface area (Å²) >= 11 is 0. The molecule has 0 aliphatic carbocycles. The van der Waals surface area contributed by atoms with Crippen molar-refractivity contribution in [3.63, 3.8) is 0 Å². The van der Waals surface area contributed by atoms with E-state index in [1.807, 2.05) is 31.2 Å². The molecule has 0 aliphatic heterocycles. The fourth-order valence-electron chi connectivity index (χ4n) is 2.40. The van der Waals surface area contributed by atoms with Gasteiger partial charge in [-0.15, -0.1) is 0 Å². The van der Waals surface area contributed by atoms with E-state index in [2.05, 4.69) is 15.0 Å². The van der Waals surface area contributed by atoms with Crippen LogP contribution in [-0.2, 0) is 21.3 Å². The van der Waals surface area contributed by atoms with Crippen molar-refractivity contribution in [1.29, 1.82) is 0 Å². The van der Waals surface area contributed by atoms with Crippen LogP contribution in [0.1, 0.15) is 21.8 Å². The number of nitrogens with one attached hydrogen (secondary N) is 1. The van der Waals surface area contributed by atoms with Gasteiger partial charge in [-0.2, -0.15) is 0 Å². The molecule has 0 bridgehead atoms. The molecule has 133 valence electrons. The Kier molecular flexibility index (Phi) is 6.61. The summed E-state index contributed by atoms with van der Waals surface area (Å²) in [5.41, 5.74) is 3.07. The van der Waals surface area contributed by atoms with Crippen molar-refractivity contribution in [1.82, 2.24) is 15.0 Å². The zero-order valence-corrected chi connectivity index (χ0v) is 17.6. The van der Waals surface area contributed by atoms with Gasteiger partial charge in [0.15, 0.2) is 5.16 Å². The van der Waals surface area contributed by atoms with Gasteiger partial charge in [0.1, 0.15) is 5.75 Å². The van der Waals surface area contributed by atoms with E-state index in [-0.39, 0.29) is 41.9 Å². The number of ether oxygens (including phenoxy) is 2. The Bertz CT molecular complexity index is 949. The van der Waals surface area contributed by atoms with E-state index in [1.54, 1.807) is 12.3 Å². The third kappa shape index (κ3) is 5.14. The van der Waals surface area contributed by atoms with Crippen LogP contribution in [0.2, 0.25) is 0 Å². The number of fused-ring (bicyclic) bond motifs is 1. The second-order valence-electron chi connectivity index (χ2n) is 5.48. The first-order valence-electron chi connectivity index (χ1n) is 9.38. The van der Waals surface area contributed by atoms with Crippen LogP contribution in [0.5, 0.6) is 5.75 Å². The van der Waals surface area contributed by atoms with Crippen molar-refractivity contribution < 1.29 is 17.8 Å². The van der Waals surface area contributed by atoms with Crippen LogP contribution in [0, 0.1) is 6.92 Å². The second kappa shape index (κ2) is 10.2. The monoisotopic (exact) mass is 385 g/mol. The number of hydrogen-bond donors (Lipinski definition) is 1. The third-order valence-electron chi connectivity index (χ3n) is 3.76. The van der Waals surface area contributed by atoms with Crippen molar-refractivity contribution in [3.8, 4) is 5.75 Å². The molecule has 1 atom stereocenters. The number of aromatic nitrogens is 3. The first-order chi connectivity index (χ1) is 13.3. The van der Waals surface area contributed by atoms with Gasteiger partial charge in [-0.25, -0.2) is 4.98 Å². The molecule has 0 amide bonds. The molecule has 0 saturated carbocycles. The summed E-state index contributed by atoms with van der Waals surface area (Å²) < 4.78 is 44.1. The van der Waals surface area contributed by atoms with E-state index >= 15 is 0 Å². The van der Waals surface area contributed by atoms with Crippen LogP contribution in [0.4, 0.5) is 0 Å². The molecule has 2 aromatic heterocycles. The summed E-state index contributed by atoms with van der Waals surface area (Å²) in [6.07, 6.45) is 2.05. The van der Waals surface area contributed by atoms with Gasteiger partial charge in [-0.1, -0.05) is 12.1 Å². The Morgan fingerprint density at radius 1 is 1.27 bits per heavy atom. The van der Waals surface area contributed by atoms with E-state index in [0.29, 0.717) is 29.6 Å². The molecule has 3 aromatic rings. The molecule has 1 aromatic carbocycles. The van der Waals surface area contributed by atoms with Gasteiger partial charge in [-0.05, 0) is 25.1 Å². The molecule has 0 saturated heterocycles. The smallest absolute Gasteiger partial charge is 0.197 e. The number of imidazole rings is 1. The summed E-state index contributed by atoms with van der Waals surface area (Å²) in [5.74, 6) is 0.839. The first kappa shape index (κ1) is 16.9. The summed E-state index contributed by atoms with van der Waals surface area (Å²) in [7, 11) is -3.76. The van der Waals surface area contributed by atoms with Gasteiger partial charge in [0.2, 0.25) is 0 Å². The van der Waals surface area contributed by atoms with Crippen LogP contribution in [-0.4, -0.2) is 69.0 Å². The zero-order valence-electron chi connectivity index (χ0n) is 17.8. The van der Waals surface area contributed by atoms with Crippen LogP contribution < -0.4 is 4.74 Å². The molecular formula is C18H21N3NaO3S. The molecule has 0 aliphatic rings. The summed E-state index contributed by atoms with van der Waals surface area (Å²) in [5, 5.41) is 0.413. The minimum atomic E-state index is -2.39. The quantitative estimate of drug-likeness (QED) is 0.476. The number of nitrogens with zero attached hydrogens (tertiary/aromatic N) is 2. The van der Waals surface area contributed by atoms with Gasteiger partial charge in [0.05, 0.1) is 44.0 Å². The molecular weight excluding hydrogens is 361 g/mol. The maximum Gasteiger partial charge on any atom is 0.197 e. The Balaban J connectivity index is 0.00000300. The minimum Gasteiger partial charge on any atom is -0.493 e. The molecule has 8 heteroatoms. The number of benzene rings is 1. The van der Waals surface area contributed by atoms with Crippen molar-refractivity contribution >= 4 is 51.4 Å². The molecule has 3 rings (SSSR count). The number of hydrogen-bond acceptors (Lipinski definition) is 5. The van der Waals surface area contributed by atoms with Crippen LogP contribution >= 0.6 is 0 Å². The van der Waals surface area contributed by atoms with Crippen molar-refractivity contribution in [3.05, 3.63) is 47.8 Å². The van der Waals surface area contributed by atoms with Crippen molar-refractivity contribution in [2.75, 3.05) is 20.3 Å². The molecule has 0 unspecified atom stereocenters. The van der Waals surface area contributed by atoms with Gasteiger partial charge in [0.25, 0.3) is 0 Å². The fourth-order valence-corrected chi connectivity index (χ4v) is 3.50. The SMILES string of the molecule is [2H]C([2H])([2H])OCCCOc1ccnc(C[S@](=O)c2nc3ccccc3[nH]2)c1C.[Na]. The van der Waals surface area contributed by atoms with E-state index in [9.17, 15) is 4.21 Å². The number of pyridine rings is 1. The number of aromatic amines is 1. The summed E-state index contributed by atoms with van der Waals surface area (Å²) in [6.45, 7) is 2.25. The Labute approximate surface area is 181 Å². The van der Waals surface area contributed by atoms with Gasteiger partial charge < -0.3 is 14.5 Å². The molecule has 1 radical (unpaired) electrons. The normalized spacial score (nSPS) is 14.1. The Morgan fingerprint density at radius 3 is 2.92 bits per heavy atom. The minimum absolute atomic E-state index is 0. The largest absolute Gasteiger partial charge is 0.493 e. The van der Waals surface area contributed by atoms with Crippen molar-refractivity contribution in [2.24, 2.45) is 0 Å². The average molecular weight is 385 g/mol. The molecule has 6 nitrogen and oxygen atoms in total. The molecule has 0 fully saturated rings. The number of para-hydroxylation sites is 2. The maximum atomic E-state index is 12.7. The fraction of sp³-hybridized carbons (Fsp3) is 0.333. The number of methoxy groups -OCH3 is 1. The van der Waals surface area contributed by atoms with Gasteiger partial charge >= 0.3 is 0 Å². The summed E-state index contributed by atoms with van der Waals surface area (Å²) in [6, 6.07) is 9.25. The van der Waals surface area contributed by atoms with Gasteiger partial charge in [0, 0.05) is 61.4 Å². The second-order valence-corrected chi connectivity index (χ2v) is 6.85. The topological polar surface area (TPSA) is 77.1 Å². The zero-order chi connectivity index (χ0) is 20.1. The molecule has 0 spiro atoms. The van der Waals surface area contributed by atoms with Crippen LogP contribution in [0.25, 0.3) is 11.0 Å². The number of rotatable bonds is 8. The first-order valence-corrected chi connectivity index (χ1v) is 9.20. The maximum absolute atomic E-state index is 12.7.